The molecule has 0 saturated heterocycles. The lowest BCUT2D eigenvalue weighted by molar-refractivity contribution is 0.459. The number of benzene rings is 1. The van der Waals surface area contributed by atoms with E-state index in [0.717, 1.165) is 11.1 Å². The number of phenols is 1. The van der Waals surface area contributed by atoms with E-state index in [0.29, 0.717) is 18.7 Å². The molecule has 1 aromatic carbocycles. The molecule has 2 N–H and O–H groups in total. The van der Waals surface area contributed by atoms with Crippen LogP contribution in [0.4, 0.5) is 0 Å². The van der Waals surface area contributed by atoms with E-state index in [9.17, 15) is 5.11 Å². The lowest BCUT2D eigenvalue weighted by Gasteiger charge is -2.12. The number of hydrogen-bond donors (Lipinski definition) is 2. The van der Waals surface area contributed by atoms with Crippen LogP contribution in [0, 0.1) is 25.2 Å². The highest BCUT2D eigenvalue weighted by Gasteiger charge is 2.06. The van der Waals surface area contributed by atoms with E-state index in [1.54, 1.807) is 6.07 Å². The zero-order chi connectivity index (χ0) is 12.1. The van der Waals surface area contributed by atoms with E-state index in [-0.39, 0.29) is 6.04 Å². The molecule has 0 aliphatic carbocycles. The van der Waals surface area contributed by atoms with Gasteiger partial charge in [-0.05, 0) is 38.0 Å². The topological polar surface area (TPSA) is 56.0 Å². The molecule has 3 nitrogen and oxygen atoms in total. The number of nitriles is 1. The van der Waals surface area contributed by atoms with E-state index in [1.165, 1.54) is 5.56 Å². The monoisotopic (exact) mass is 218 g/mol. The van der Waals surface area contributed by atoms with Crippen LogP contribution in [0.2, 0.25) is 0 Å². The quantitative estimate of drug-likeness (QED) is 0.816. The van der Waals surface area contributed by atoms with Gasteiger partial charge in [-0.1, -0.05) is 6.07 Å². The van der Waals surface area contributed by atoms with Crippen LogP contribution in [-0.2, 0) is 6.54 Å². The average Bonchev–Trinajstić information content (AvgIpc) is 2.22. The molecule has 86 valence electrons. The van der Waals surface area contributed by atoms with Crippen molar-refractivity contribution >= 4 is 0 Å². The summed E-state index contributed by atoms with van der Waals surface area (Å²) in [5, 5.41) is 21.5. The first-order chi connectivity index (χ1) is 7.54. The van der Waals surface area contributed by atoms with Gasteiger partial charge in [-0.3, -0.25) is 0 Å². The Kier molecular flexibility index (Phi) is 4.33. The van der Waals surface area contributed by atoms with Gasteiger partial charge in [0.25, 0.3) is 0 Å². The zero-order valence-electron chi connectivity index (χ0n) is 10.0. The van der Waals surface area contributed by atoms with Gasteiger partial charge in [-0.25, -0.2) is 0 Å². The van der Waals surface area contributed by atoms with Crippen molar-refractivity contribution in [1.29, 1.82) is 5.26 Å². The van der Waals surface area contributed by atoms with Crippen molar-refractivity contribution in [3.8, 4) is 11.8 Å². The maximum absolute atomic E-state index is 9.75. The molecule has 3 heteroatoms. The molecule has 0 amide bonds. The standard InChI is InChI=1S/C13H18N2O/c1-9-6-12(13(16)7-10(9)2)8-15-11(3)4-5-14/h6-7,11,15-16H,4,8H2,1-3H3. The van der Waals surface area contributed by atoms with E-state index in [2.05, 4.69) is 11.4 Å². The van der Waals surface area contributed by atoms with Crippen LogP contribution < -0.4 is 5.32 Å². The van der Waals surface area contributed by atoms with Crippen LogP contribution >= 0.6 is 0 Å². The number of aryl methyl sites for hydroxylation is 2. The summed E-state index contributed by atoms with van der Waals surface area (Å²) >= 11 is 0. The molecule has 1 aromatic rings. The molecule has 0 fully saturated rings. The number of phenolic OH excluding ortho intramolecular Hbond substituents is 1. The summed E-state index contributed by atoms with van der Waals surface area (Å²) in [7, 11) is 0. The lowest BCUT2D eigenvalue weighted by atomic mass is 10.0. The Morgan fingerprint density at radius 3 is 2.62 bits per heavy atom. The predicted molar refractivity (Wildman–Crippen MR) is 64.1 cm³/mol. The fraction of sp³-hybridized carbons (Fsp3) is 0.462. The van der Waals surface area contributed by atoms with Crippen LogP contribution in [-0.4, -0.2) is 11.1 Å². The van der Waals surface area contributed by atoms with Crippen molar-refractivity contribution in [1.82, 2.24) is 5.32 Å². The van der Waals surface area contributed by atoms with Gasteiger partial charge in [0.1, 0.15) is 5.75 Å². The highest BCUT2D eigenvalue weighted by atomic mass is 16.3. The average molecular weight is 218 g/mol. The molecule has 1 atom stereocenters. The molecule has 0 spiro atoms. The molecular formula is C13H18N2O. The summed E-state index contributed by atoms with van der Waals surface area (Å²) in [4.78, 5) is 0. The lowest BCUT2D eigenvalue weighted by Crippen LogP contribution is -2.24. The third kappa shape index (κ3) is 3.25. The van der Waals surface area contributed by atoms with Crippen LogP contribution in [0.1, 0.15) is 30.0 Å². The molecule has 1 rings (SSSR count). The molecule has 0 saturated carbocycles. The molecular weight excluding hydrogens is 200 g/mol. The smallest absolute Gasteiger partial charge is 0.120 e. The van der Waals surface area contributed by atoms with Crippen molar-refractivity contribution < 1.29 is 5.11 Å². The van der Waals surface area contributed by atoms with Crippen molar-refractivity contribution in [2.45, 2.75) is 39.8 Å². The van der Waals surface area contributed by atoms with Crippen molar-refractivity contribution in [2.24, 2.45) is 0 Å². The molecule has 0 bridgehead atoms. The minimum atomic E-state index is 0.144. The Labute approximate surface area is 96.7 Å². The third-order valence-corrected chi connectivity index (χ3v) is 2.73. The number of nitrogens with zero attached hydrogens (tertiary/aromatic N) is 1. The summed E-state index contributed by atoms with van der Waals surface area (Å²) in [6.45, 7) is 6.55. The normalized spacial score (nSPS) is 12.1. The number of nitrogens with one attached hydrogen (secondary N) is 1. The van der Waals surface area contributed by atoms with Crippen molar-refractivity contribution in [3.63, 3.8) is 0 Å². The SMILES string of the molecule is Cc1cc(O)c(CNC(C)CC#N)cc1C. The van der Waals surface area contributed by atoms with Gasteiger partial charge < -0.3 is 10.4 Å². The number of hydrogen-bond acceptors (Lipinski definition) is 3. The van der Waals surface area contributed by atoms with Crippen LogP contribution in [0.5, 0.6) is 5.75 Å². The van der Waals surface area contributed by atoms with Gasteiger partial charge in [0, 0.05) is 18.2 Å². The van der Waals surface area contributed by atoms with E-state index in [4.69, 9.17) is 5.26 Å². The first-order valence-corrected chi connectivity index (χ1v) is 5.44. The zero-order valence-corrected chi connectivity index (χ0v) is 10.0. The Morgan fingerprint density at radius 1 is 1.38 bits per heavy atom. The second-order valence-electron chi connectivity index (χ2n) is 4.21. The van der Waals surface area contributed by atoms with Gasteiger partial charge in [-0.2, -0.15) is 5.26 Å². The number of rotatable bonds is 4. The van der Waals surface area contributed by atoms with Gasteiger partial charge in [0.2, 0.25) is 0 Å². The van der Waals surface area contributed by atoms with Gasteiger partial charge in [0.05, 0.1) is 12.5 Å². The van der Waals surface area contributed by atoms with Crippen LogP contribution in [0.25, 0.3) is 0 Å². The molecule has 0 aliphatic heterocycles. The first kappa shape index (κ1) is 12.5. The number of aromatic hydroxyl groups is 1. The Bertz CT molecular complexity index is 407. The molecule has 0 heterocycles. The largest absolute Gasteiger partial charge is 0.508 e. The Hall–Kier alpha value is -1.53. The molecule has 0 aromatic heterocycles. The van der Waals surface area contributed by atoms with Crippen LogP contribution in [0.15, 0.2) is 12.1 Å². The van der Waals surface area contributed by atoms with Gasteiger partial charge in [-0.15, -0.1) is 0 Å². The first-order valence-electron chi connectivity index (χ1n) is 5.44. The summed E-state index contributed by atoms with van der Waals surface area (Å²) < 4.78 is 0. The summed E-state index contributed by atoms with van der Waals surface area (Å²) in [5.74, 6) is 0.319. The van der Waals surface area contributed by atoms with Crippen molar-refractivity contribution in [3.05, 3.63) is 28.8 Å². The minimum Gasteiger partial charge on any atom is -0.508 e. The third-order valence-electron chi connectivity index (χ3n) is 2.73. The second kappa shape index (κ2) is 5.53. The van der Waals surface area contributed by atoms with Gasteiger partial charge >= 0.3 is 0 Å². The van der Waals surface area contributed by atoms with Crippen LogP contribution in [0.3, 0.4) is 0 Å². The summed E-state index contributed by atoms with van der Waals surface area (Å²) in [5.41, 5.74) is 3.14. The molecule has 0 radical (unpaired) electrons. The Balaban J connectivity index is 2.68. The minimum absolute atomic E-state index is 0.144. The second-order valence-corrected chi connectivity index (χ2v) is 4.21. The molecule has 16 heavy (non-hydrogen) atoms. The maximum Gasteiger partial charge on any atom is 0.120 e. The fourth-order valence-corrected chi connectivity index (χ4v) is 1.50. The van der Waals surface area contributed by atoms with E-state index < -0.39 is 0 Å². The predicted octanol–water partition coefficient (Wildman–Crippen LogP) is 2.40. The molecule has 1 unspecified atom stereocenters. The summed E-state index contributed by atoms with van der Waals surface area (Å²) in [6, 6.07) is 6.02. The maximum atomic E-state index is 9.75. The fourth-order valence-electron chi connectivity index (χ4n) is 1.50. The highest BCUT2D eigenvalue weighted by Crippen LogP contribution is 2.21. The van der Waals surface area contributed by atoms with Crippen molar-refractivity contribution in [2.75, 3.05) is 0 Å². The van der Waals surface area contributed by atoms with Gasteiger partial charge in [0.15, 0.2) is 0 Å². The van der Waals surface area contributed by atoms with E-state index >= 15 is 0 Å². The molecule has 0 aliphatic rings. The summed E-state index contributed by atoms with van der Waals surface area (Å²) in [6.07, 6.45) is 0.478. The van der Waals surface area contributed by atoms with E-state index in [1.807, 2.05) is 26.8 Å². The highest BCUT2D eigenvalue weighted by molar-refractivity contribution is 5.40. The Morgan fingerprint density at radius 2 is 2.00 bits per heavy atom.